The SMILES string of the molecule is C=C(C)C(=O)OC(C)C(CC)OC(=O)C(=C)C. The van der Waals surface area contributed by atoms with Crippen LogP contribution in [0.1, 0.15) is 34.1 Å². The third-order valence-corrected chi connectivity index (χ3v) is 2.17. The Kier molecular flexibility index (Phi) is 6.25. The Labute approximate surface area is 102 Å². The highest BCUT2D eigenvalue weighted by molar-refractivity contribution is 5.88. The predicted molar refractivity (Wildman–Crippen MR) is 65.4 cm³/mol. The van der Waals surface area contributed by atoms with Gasteiger partial charge in [-0.2, -0.15) is 0 Å². The Morgan fingerprint density at radius 2 is 1.47 bits per heavy atom. The first-order valence-corrected chi connectivity index (χ1v) is 5.52. The molecule has 17 heavy (non-hydrogen) atoms. The van der Waals surface area contributed by atoms with Gasteiger partial charge in [-0.3, -0.25) is 0 Å². The lowest BCUT2D eigenvalue weighted by Crippen LogP contribution is -2.33. The summed E-state index contributed by atoms with van der Waals surface area (Å²) in [4.78, 5) is 22.7. The highest BCUT2D eigenvalue weighted by Crippen LogP contribution is 2.11. The molecule has 0 rings (SSSR count). The van der Waals surface area contributed by atoms with Gasteiger partial charge < -0.3 is 9.47 Å². The van der Waals surface area contributed by atoms with Gasteiger partial charge in [0.1, 0.15) is 12.2 Å². The van der Waals surface area contributed by atoms with E-state index in [4.69, 9.17) is 9.47 Å². The standard InChI is InChI=1S/C13H20O4/c1-7-11(17-13(15)9(4)5)10(6)16-12(14)8(2)3/h10-11H,2,4,7H2,1,3,5-6H3. The minimum absolute atomic E-state index is 0.318. The summed E-state index contributed by atoms with van der Waals surface area (Å²) in [5, 5.41) is 0. The zero-order chi connectivity index (χ0) is 13.6. The number of hydrogen-bond acceptors (Lipinski definition) is 4. The molecule has 2 atom stereocenters. The zero-order valence-corrected chi connectivity index (χ0v) is 10.9. The van der Waals surface area contributed by atoms with E-state index in [1.165, 1.54) is 0 Å². The van der Waals surface area contributed by atoms with E-state index in [9.17, 15) is 9.59 Å². The third-order valence-electron chi connectivity index (χ3n) is 2.17. The van der Waals surface area contributed by atoms with Gasteiger partial charge in [-0.05, 0) is 27.2 Å². The van der Waals surface area contributed by atoms with Crippen molar-refractivity contribution in [2.75, 3.05) is 0 Å². The monoisotopic (exact) mass is 240 g/mol. The molecule has 96 valence electrons. The molecular formula is C13H20O4. The molecular weight excluding hydrogens is 220 g/mol. The normalized spacial score (nSPS) is 13.4. The highest BCUT2D eigenvalue weighted by Gasteiger charge is 2.23. The Morgan fingerprint density at radius 3 is 1.82 bits per heavy atom. The van der Waals surface area contributed by atoms with E-state index in [1.807, 2.05) is 6.92 Å². The van der Waals surface area contributed by atoms with Crippen LogP contribution in [0.15, 0.2) is 24.3 Å². The molecule has 0 aliphatic carbocycles. The van der Waals surface area contributed by atoms with Crippen LogP contribution in [0.3, 0.4) is 0 Å². The summed E-state index contributed by atoms with van der Waals surface area (Å²) in [7, 11) is 0. The van der Waals surface area contributed by atoms with E-state index in [0.717, 1.165) is 0 Å². The van der Waals surface area contributed by atoms with Crippen molar-refractivity contribution in [1.82, 2.24) is 0 Å². The molecule has 0 aliphatic rings. The summed E-state index contributed by atoms with van der Waals surface area (Å²) in [6.45, 7) is 13.6. The smallest absolute Gasteiger partial charge is 0.333 e. The molecule has 2 unspecified atom stereocenters. The maximum Gasteiger partial charge on any atom is 0.333 e. The largest absolute Gasteiger partial charge is 0.455 e. The fourth-order valence-corrected chi connectivity index (χ4v) is 1.09. The van der Waals surface area contributed by atoms with Gasteiger partial charge in [0.2, 0.25) is 0 Å². The third kappa shape index (κ3) is 5.33. The molecule has 0 bridgehead atoms. The van der Waals surface area contributed by atoms with Crippen LogP contribution in [0.2, 0.25) is 0 Å². The fraction of sp³-hybridized carbons (Fsp3) is 0.538. The number of esters is 2. The number of ether oxygens (including phenoxy) is 2. The first kappa shape index (κ1) is 15.4. The van der Waals surface area contributed by atoms with E-state index in [0.29, 0.717) is 17.6 Å². The zero-order valence-electron chi connectivity index (χ0n) is 10.9. The molecule has 0 radical (unpaired) electrons. The van der Waals surface area contributed by atoms with Crippen LogP contribution < -0.4 is 0 Å². The lowest BCUT2D eigenvalue weighted by atomic mass is 10.1. The van der Waals surface area contributed by atoms with Gasteiger partial charge in [-0.15, -0.1) is 0 Å². The van der Waals surface area contributed by atoms with E-state index in [2.05, 4.69) is 13.2 Å². The van der Waals surface area contributed by atoms with Gasteiger partial charge >= 0.3 is 11.9 Å². The van der Waals surface area contributed by atoms with Crippen LogP contribution in [-0.2, 0) is 19.1 Å². The van der Waals surface area contributed by atoms with Gasteiger partial charge in [-0.1, -0.05) is 20.1 Å². The second kappa shape index (κ2) is 6.89. The molecule has 0 heterocycles. The Bertz CT molecular complexity index is 330. The molecule has 0 saturated heterocycles. The number of hydrogen-bond donors (Lipinski definition) is 0. The molecule has 0 saturated carbocycles. The van der Waals surface area contributed by atoms with E-state index >= 15 is 0 Å². The average molecular weight is 240 g/mol. The first-order valence-electron chi connectivity index (χ1n) is 5.52. The molecule has 0 amide bonds. The Morgan fingerprint density at radius 1 is 1.06 bits per heavy atom. The lowest BCUT2D eigenvalue weighted by molar-refractivity contribution is -0.161. The molecule has 0 aromatic rings. The van der Waals surface area contributed by atoms with Crippen molar-refractivity contribution in [2.45, 2.75) is 46.3 Å². The second-order valence-electron chi connectivity index (χ2n) is 4.02. The van der Waals surface area contributed by atoms with Crippen molar-refractivity contribution in [2.24, 2.45) is 0 Å². The lowest BCUT2D eigenvalue weighted by Gasteiger charge is -2.23. The quantitative estimate of drug-likeness (QED) is 0.528. The maximum atomic E-state index is 11.4. The Hall–Kier alpha value is -1.58. The second-order valence-corrected chi connectivity index (χ2v) is 4.02. The van der Waals surface area contributed by atoms with Crippen molar-refractivity contribution >= 4 is 11.9 Å². The number of carbonyl (C=O) groups excluding carboxylic acids is 2. The van der Waals surface area contributed by atoms with Crippen LogP contribution in [0.5, 0.6) is 0 Å². The van der Waals surface area contributed by atoms with Crippen molar-refractivity contribution in [3.05, 3.63) is 24.3 Å². The van der Waals surface area contributed by atoms with Crippen LogP contribution in [-0.4, -0.2) is 24.1 Å². The minimum atomic E-state index is -0.507. The molecule has 0 aromatic heterocycles. The van der Waals surface area contributed by atoms with Crippen molar-refractivity contribution in [3.8, 4) is 0 Å². The Balaban J connectivity index is 4.45. The van der Waals surface area contributed by atoms with Crippen LogP contribution >= 0.6 is 0 Å². The van der Waals surface area contributed by atoms with Crippen LogP contribution in [0, 0.1) is 0 Å². The molecule has 0 aliphatic heterocycles. The summed E-state index contributed by atoms with van der Waals surface area (Å²) in [5.74, 6) is -0.961. The topological polar surface area (TPSA) is 52.6 Å². The molecule has 0 spiro atoms. The molecule has 0 aromatic carbocycles. The van der Waals surface area contributed by atoms with Crippen LogP contribution in [0.25, 0.3) is 0 Å². The van der Waals surface area contributed by atoms with Crippen molar-refractivity contribution in [1.29, 1.82) is 0 Å². The average Bonchev–Trinajstić information content (AvgIpc) is 2.24. The maximum absolute atomic E-state index is 11.4. The van der Waals surface area contributed by atoms with E-state index < -0.39 is 24.1 Å². The highest BCUT2D eigenvalue weighted by atomic mass is 16.6. The summed E-state index contributed by atoms with van der Waals surface area (Å²) in [5.41, 5.74) is 0.639. The van der Waals surface area contributed by atoms with Crippen molar-refractivity contribution in [3.63, 3.8) is 0 Å². The summed E-state index contributed by atoms with van der Waals surface area (Å²) in [6.07, 6.45) is -0.418. The van der Waals surface area contributed by atoms with E-state index in [-0.39, 0.29) is 0 Å². The van der Waals surface area contributed by atoms with Gasteiger partial charge in [0.05, 0.1) is 0 Å². The minimum Gasteiger partial charge on any atom is -0.455 e. The van der Waals surface area contributed by atoms with Gasteiger partial charge in [-0.25, -0.2) is 9.59 Å². The fourth-order valence-electron chi connectivity index (χ4n) is 1.09. The van der Waals surface area contributed by atoms with Gasteiger partial charge in [0, 0.05) is 11.1 Å². The number of rotatable bonds is 6. The predicted octanol–water partition coefficient (Wildman–Crippen LogP) is 2.39. The first-order chi connectivity index (χ1) is 7.79. The molecule has 0 N–H and O–H groups in total. The molecule has 0 fully saturated rings. The van der Waals surface area contributed by atoms with Crippen LogP contribution in [0.4, 0.5) is 0 Å². The summed E-state index contributed by atoms with van der Waals surface area (Å²) < 4.78 is 10.3. The van der Waals surface area contributed by atoms with Gasteiger partial charge in [0.15, 0.2) is 0 Å². The van der Waals surface area contributed by atoms with Gasteiger partial charge in [0.25, 0.3) is 0 Å². The summed E-state index contributed by atoms with van der Waals surface area (Å²) in [6, 6.07) is 0. The van der Waals surface area contributed by atoms with Crippen molar-refractivity contribution < 1.29 is 19.1 Å². The van der Waals surface area contributed by atoms with E-state index in [1.54, 1.807) is 20.8 Å². The molecule has 4 heteroatoms. The molecule has 4 nitrogen and oxygen atoms in total. The summed E-state index contributed by atoms with van der Waals surface area (Å²) >= 11 is 0. The number of carbonyl (C=O) groups is 2.